The Labute approximate surface area is 94.6 Å². The van der Waals surface area contributed by atoms with Gasteiger partial charge in [-0.2, -0.15) is 0 Å². The summed E-state index contributed by atoms with van der Waals surface area (Å²) in [6.07, 6.45) is 3.00. The SMILES string of the molecule is CC(C)C(=O)C1=CC2(CCOCC2)OC1=O. The molecule has 88 valence electrons. The van der Waals surface area contributed by atoms with Gasteiger partial charge in [0.25, 0.3) is 0 Å². The van der Waals surface area contributed by atoms with E-state index in [1.165, 1.54) is 0 Å². The molecule has 0 amide bonds. The Kier molecular flexibility index (Phi) is 2.84. The molecule has 1 spiro atoms. The van der Waals surface area contributed by atoms with E-state index >= 15 is 0 Å². The number of ether oxygens (including phenoxy) is 2. The Balaban J connectivity index is 2.22. The van der Waals surface area contributed by atoms with E-state index in [1.807, 2.05) is 0 Å². The van der Waals surface area contributed by atoms with Crippen molar-refractivity contribution in [1.29, 1.82) is 0 Å². The lowest BCUT2D eigenvalue weighted by Gasteiger charge is -2.30. The van der Waals surface area contributed by atoms with Gasteiger partial charge in [-0.25, -0.2) is 4.79 Å². The molecule has 2 aliphatic rings. The second-order valence-corrected chi connectivity index (χ2v) is 4.64. The van der Waals surface area contributed by atoms with E-state index in [0.29, 0.717) is 26.1 Å². The molecule has 2 rings (SSSR count). The van der Waals surface area contributed by atoms with Crippen LogP contribution in [0.5, 0.6) is 0 Å². The molecule has 1 fully saturated rings. The van der Waals surface area contributed by atoms with Crippen LogP contribution in [0.1, 0.15) is 26.7 Å². The summed E-state index contributed by atoms with van der Waals surface area (Å²) in [5.74, 6) is -0.775. The number of ketones is 1. The van der Waals surface area contributed by atoms with Crippen LogP contribution in [-0.4, -0.2) is 30.6 Å². The van der Waals surface area contributed by atoms with Crippen LogP contribution >= 0.6 is 0 Å². The predicted molar refractivity (Wildman–Crippen MR) is 56.8 cm³/mol. The molecule has 0 radical (unpaired) electrons. The van der Waals surface area contributed by atoms with E-state index in [-0.39, 0.29) is 17.3 Å². The smallest absolute Gasteiger partial charge is 0.342 e. The van der Waals surface area contributed by atoms with Crippen molar-refractivity contribution in [3.05, 3.63) is 11.6 Å². The van der Waals surface area contributed by atoms with Crippen molar-refractivity contribution in [1.82, 2.24) is 0 Å². The lowest BCUT2D eigenvalue weighted by Crippen LogP contribution is -2.35. The molecule has 1 saturated heterocycles. The molecule has 0 aromatic carbocycles. The number of Topliss-reactive ketones (excluding diaryl/α,β-unsaturated/α-hetero) is 1. The van der Waals surface area contributed by atoms with E-state index in [0.717, 1.165) is 0 Å². The van der Waals surface area contributed by atoms with Crippen molar-refractivity contribution in [3.8, 4) is 0 Å². The first-order valence-corrected chi connectivity index (χ1v) is 5.62. The summed E-state index contributed by atoms with van der Waals surface area (Å²) in [4.78, 5) is 23.4. The van der Waals surface area contributed by atoms with Gasteiger partial charge in [0.2, 0.25) is 0 Å². The van der Waals surface area contributed by atoms with E-state index in [4.69, 9.17) is 9.47 Å². The molecule has 0 aromatic rings. The number of carbonyl (C=O) groups excluding carboxylic acids is 2. The van der Waals surface area contributed by atoms with Crippen molar-refractivity contribution >= 4 is 11.8 Å². The molecule has 4 nitrogen and oxygen atoms in total. The highest BCUT2D eigenvalue weighted by Crippen LogP contribution is 2.34. The minimum Gasteiger partial charge on any atom is -0.451 e. The van der Waals surface area contributed by atoms with Crippen LogP contribution in [0.2, 0.25) is 0 Å². The Morgan fingerprint density at radius 3 is 2.56 bits per heavy atom. The van der Waals surface area contributed by atoms with Gasteiger partial charge in [-0.05, 0) is 6.08 Å². The number of hydrogen-bond acceptors (Lipinski definition) is 4. The summed E-state index contributed by atoms with van der Waals surface area (Å²) in [6, 6.07) is 0. The number of rotatable bonds is 2. The van der Waals surface area contributed by atoms with Crippen LogP contribution in [-0.2, 0) is 19.1 Å². The van der Waals surface area contributed by atoms with Crippen molar-refractivity contribution < 1.29 is 19.1 Å². The Morgan fingerprint density at radius 2 is 2.00 bits per heavy atom. The van der Waals surface area contributed by atoms with E-state index < -0.39 is 11.6 Å². The molecule has 0 aliphatic carbocycles. The number of carbonyl (C=O) groups is 2. The summed E-state index contributed by atoms with van der Waals surface area (Å²) in [5, 5.41) is 0. The topological polar surface area (TPSA) is 52.6 Å². The van der Waals surface area contributed by atoms with Gasteiger partial charge < -0.3 is 9.47 Å². The molecule has 2 heterocycles. The van der Waals surface area contributed by atoms with Crippen LogP contribution in [0.3, 0.4) is 0 Å². The third-order valence-corrected chi connectivity index (χ3v) is 3.05. The van der Waals surface area contributed by atoms with Crippen LogP contribution in [0.25, 0.3) is 0 Å². The van der Waals surface area contributed by atoms with Crippen molar-refractivity contribution in [2.75, 3.05) is 13.2 Å². The summed E-state index contributed by atoms with van der Waals surface area (Å²) < 4.78 is 10.6. The third-order valence-electron chi connectivity index (χ3n) is 3.05. The third kappa shape index (κ3) is 1.89. The molecule has 0 atom stereocenters. The fourth-order valence-corrected chi connectivity index (χ4v) is 2.04. The Hall–Kier alpha value is -1.16. The van der Waals surface area contributed by atoms with Crippen LogP contribution in [0.4, 0.5) is 0 Å². The molecule has 0 N–H and O–H groups in total. The summed E-state index contributed by atoms with van der Waals surface area (Å²) >= 11 is 0. The van der Waals surface area contributed by atoms with Gasteiger partial charge in [0.15, 0.2) is 5.78 Å². The number of hydrogen-bond donors (Lipinski definition) is 0. The second kappa shape index (κ2) is 4.01. The number of esters is 1. The molecule has 2 aliphatic heterocycles. The second-order valence-electron chi connectivity index (χ2n) is 4.64. The van der Waals surface area contributed by atoms with Gasteiger partial charge in [-0.3, -0.25) is 4.79 Å². The first kappa shape index (κ1) is 11.3. The van der Waals surface area contributed by atoms with E-state index in [2.05, 4.69) is 0 Å². The van der Waals surface area contributed by atoms with Crippen LogP contribution in [0.15, 0.2) is 11.6 Å². The zero-order valence-electron chi connectivity index (χ0n) is 9.62. The average molecular weight is 224 g/mol. The fraction of sp³-hybridized carbons (Fsp3) is 0.667. The standard InChI is InChI=1S/C12H16O4/c1-8(2)10(13)9-7-12(16-11(9)14)3-5-15-6-4-12/h7-8H,3-6H2,1-2H3. The Bertz CT molecular complexity index is 348. The highest BCUT2D eigenvalue weighted by Gasteiger charge is 2.43. The highest BCUT2D eigenvalue weighted by molar-refractivity contribution is 6.19. The van der Waals surface area contributed by atoms with E-state index in [1.54, 1.807) is 19.9 Å². The zero-order valence-corrected chi connectivity index (χ0v) is 9.62. The monoisotopic (exact) mass is 224 g/mol. The molecule has 16 heavy (non-hydrogen) atoms. The van der Waals surface area contributed by atoms with Gasteiger partial charge in [-0.1, -0.05) is 13.8 Å². The molecule has 4 heteroatoms. The molecule has 0 bridgehead atoms. The normalized spacial score (nSPS) is 23.4. The predicted octanol–water partition coefficient (Wildman–Crippen LogP) is 1.24. The van der Waals surface area contributed by atoms with Crippen LogP contribution < -0.4 is 0 Å². The van der Waals surface area contributed by atoms with Crippen molar-refractivity contribution in [2.24, 2.45) is 5.92 Å². The maximum absolute atomic E-state index is 11.8. The summed E-state index contributed by atoms with van der Waals surface area (Å²) in [6.45, 7) is 4.72. The summed E-state index contributed by atoms with van der Waals surface area (Å²) in [7, 11) is 0. The van der Waals surface area contributed by atoms with Gasteiger partial charge >= 0.3 is 5.97 Å². The largest absolute Gasteiger partial charge is 0.451 e. The molecule has 0 saturated carbocycles. The molecular weight excluding hydrogens is 208 g/mol. The zero-order chi connectivity index (χ0) is 11.8. The van der Waals surface area contributed by atoms with E-state index in [9.17, 15) is 9.59 Å². The maximum atomic E-state index is 11.8. The quantitative estimate of drug-likeness (QED) is 0.523. The minimum absolute atomic E-state index is 0.131. The van der Waals surface area contributed by atoms with Gasteiger partial charge in [0, 0.05) is 18.8 Å². The first-order chi connectivity index (χ1) is 7.54. The maximum Gasteiger partial charge on any atom is 0.342 e. The van der Waals surface area contributed by atoms with Gasteiger partial charge in [0.1, 0.15) is 11.2 Å². The van der Waals surface area contributed by atoms with Crippen LogP contribution in [0, 0.1) is 5.92 Å². The summed E-state index contributed by atoms with van der Waals surface area (Å²) in [5.41, 5.74) is -0.355. The minimum atomic E-state index is -0.574. The molecule has 0 aromatic heterocycles. The molecule has 0 unspecified atom stereocenters. The van der Waals surface area contributed by atoms with Gasteiger partial charge in [0.05, 0.1) is 13.2 Å². The first-order valence-electron chi connectivity index (χ1n) is 5.62. The lowest BCUT2D eigenvalue weighted by atomic mass is 9.91. The lowest BCUT2D eigenvalue weighted by molar-refractivity contribution is -0.153. The highest BCUT2D eigenvalue weighted by atomic mass is 16.6. The average Bonchev–Trinajstić information content (AvgIpc) is 2.55. The van der Waals surface area contributed by atoms with Gasteiger partial charge in [-0.15, -0.1) is 0 Å². The molecular formula is C12H16O4. The Morgan fingerprint density at radius 1 is 1.38 bits per heavy atom. The van der Waals surface area contributed by atoms with Crippen molar-refractivity contribution in [3.63, 3.8) is 0 Å². The fourth-order valence-electron chi connectivity index (χ4n) is 2.04. The van der Waals surface area contributed by atoms with Crippen molar-refractivity contribution in [2.45, 2.75) is 32.3 Å².